The summed E-state index contributed by atoms with van der Waals surface area (Å²) in [5, 5.41) is 3.44. The van der Waals surface area contributed by atoms with Crippen molar-refractivity contribution in [2.45, 2.75) is 38.3 Å². The Morgan fingerprint density at radius 3 is 2.94 bits per heavy atom. The molecule has 0 bridgehead atoms. The third-order valence-corrected chi connectivity index (χ3v) is 3.62. The molecular formula is C13H17BrFNO. The fourth-order valence-electron chi connectivity index (χ4n) is 1.92. The lowest BCUT2D eigenvalue weighted by molar-refractivity contribution is 0.0842. The standard InChI is InChI=1S/C13H17BrFNO/c1-2-5-16-10-7-11(8-10)17-13-6-9(15)3-4-12(13)14/h3-4,6,10-11,16H,2,5,7-8H2,1H3. The minimum Gasteiger partial charge on any atom is -0.489 e. The fourth-order valence-corrected chi connectivity index (χ4v) is 2.26. The second-order valence-electron chi connectivity index (χ2n) is 4.44. The van der Waals surface area contributed by atoms with Crippen molar-refractivity contribution in [3.63, 3.8) is 0 Å². The first kappa shape index (κ1) is 12.8. The summed E-state index contributed by atoms with van der Waals surface area (Å²) < 4.78 is 19.6. The Morgan fingerprint density at radius 2 is 2.24 bits per heavy atom. The largest absolute Gasteiger partial charge is 0.489 e. The van der Waals surface area contributed by atoms with Gasteiger partial charge in [0.25, 0.3) is 0 Å². The molecule has 0 radical (unpaired) electrons. The first-order valence-electron chi connectivity index (χ1n) is 6.04. The third-order valence-electron chi connectivity index (χ3n) is 2.96. The van der Waals surface area contributed by atoms with E-state index < -0.39 is 0 Å². The zero-order valence-corrected chi connectivity index (χ0v) is 11.5. The predicted octanol–water partition coefficient (Wildman–Crippen LogP) is 3.50. The molecule has 0 saturated heterocycles. The first-order chi connectivity index (χ1) is 8.19. The van der Waals surface area contributed by atoms with Gasteiger partial charge in [0.1, 0.15) is 17.7 Å². The molecule has 1 aromatic rings. The Balaban J connectivity index is 1.81. The zero-order valence-electron chi connectivity index (χ0n) is 9.88. The van der Waals surface area contributed by atoms with Gasteiger partial charge >= 0.3 is 0 Å². The molecule has 2 nitrogen and oxygen atoms in total. The van der Waals surface area contributed by atoms with Crippen LogP contribution in [0, 0.1) is 5.82 Å². The van der Waals surface area contributed by atoms with E-state index in [0.717, 1.165) is 30.3 Å². The van der Waals surface area contributed by atoms with Crippen molar-refractivity contribution in [3.05, 3.63) is 28.5 Å². The summed E-state index contributed by atoms with van der Waals surface area (Å²) in [6, 6.07) is 5.09. The first-order valence-corrected chi connectivity index (χ1v) is 6.83. The smallest absolute Gasteiger partial charge is 0.136 e. The van der Waals surface area contributed by atoms with E-state index in [9.17, 15) is 4.39 Å². The second kappa shape index (κ2) is 5.83. The molecule has 1 fully saturated rings. The summed E-state index contributed by atoms with van der Waals surface area (Å²) in [6.07, 6.45) is 3.37. The van der Waals surface area contributed by atoms with Gasteiger partial charge in [0, 0.05) is 12.1 Å². The molecular weight excluding hydrogens is 285 g/mol. The Hall–Kier alpha value is -0.610. The quantitative estimate of drug-likeness (QED) is 0.899. The summed E-state index contributed by atoms with van der Waals surface area (Å²) in [6.45, 7) is 3.21. The molecule has 17 heavy (non-hydrogen) atoms. The van der Waals surface area contributed by atoms with E-state index in [1.165, 1.54) is 12.1 Å². The SMILES string of the molecule is CCCNC1CC(Oc2cc(F)ccc2Br)C1. The molecule has 4 heteroatoms. The molecule has 0 amide bonds. The van der Waals surface area contributed by atoms with Gasteiger partial charge in [0.2, 0.25) is 0 Å². The van der Waals surface area contributed by atoms with E-state index in [-0.39, 0.29) is 11.9 Å². The van der Waals surface area contributed by atoms with Gasteiger partial charge in [-0.1, -0.05) is 6.92 Å². The van der Waals surface area contributed by atoms with Crippen LogP contribution >= 0.6 is 15.9 Å². The fraction of sp³-hybridized carbons (Fsp3) is 0.538. The normalized spacial score (nSPS) is 23.2. The van der Waals surface area contributed by atoms with Gasteiger partial charge in [-0.05, 0) is 53.9 Å². The summed E-state index contributed by atoms with van der Waals surface area (Å²) in [7, 11) is 0. The van der Waals surface area contributed by atoms with Gasteiger partial charge in [-0.3, -0.25) is 0 Å². The van der Waals surface area contributed by atoms with Gasteiger partial charge in [-0.15, -0.1) is 0 Å². The van der Waals surface area contributed by atoms with Gasteiger partial charge in [-0.2, -0.15) is 0 Å². The van der Waals surface area contributed by atoms with Crippen LogP contribution in [-0.2, 0) is 0 Å². The lowest BCUT2D eigenvalue weighted by Crippen LogP contribution is -2.47. The van der Waals surface area contributed by atoms with Crippen LogP contribution in [0.3, 0.4) is 0 Å². The van der Waals surface area contributed by atoms with E-state index in [1.54, 1.807) is 6.07 Å². The van der Waals surface area contributed by atoms with Crippen molar-refractivity contribution >= 4 is 15.9 Å². The Bertz CT molecular complexity index is 380. The van der Waals surface area contributed by atoms with Gasteiger partial charge in [0.15, 0.2) is 0 Å². The highest BCUT2D eigenvalue weighted by Gasteiger charge is 2.30. The molecule has 1 saturated carbocycles. The van der Waals surface area contributed by atoms with E-state index >= 15 is 0 Å². The van der Waals surface area contributed by atoms with E-state index in [0.29, 0.717) is 11.8 Å². The Morgan fingerprint density at radius 1 is 1.47 bits per heavy atom. The number of hydrogen-bond acceptors (Lipinski definition) is 2. The molecule has 1 aliphatic rings. The summed E-state index contributed by atoms with van der Waals surface area (Å²) >= 11 is 3.36. The number of nitrogens with one attached hydrogen (secondary N) is 1. The highest BCUT2D eigenvalue weighted by atomic mass is 79.9. The molecule has 0 unspecified atom stereocenters. The monoisotopic (exact) mass is 301 g/mol. The van der Waals surface area contributed by atoms with Crippen LogP contribution in [0.15, 0.2) is 22.7 Å². The maximum absolute atomic E-state index is 13.0. The maximum atomic E-state index is 13.0. The number of benzene rings is 1. The highest BCUT2D eigenvalue weighted by Crippen LogP contribution is 2.31. The van der Waals surface area contributed by atoms with Crippen molar-refractivity contribution in [3.8, 4) is 5.75 Å². The number of ether oxygens (including phenoxy) is 1. The summed E-state index contributed by atoms with van der Waals surface area (Å²) in [5.74, 6) is 0.340. The van der Waals surface area contributed by atoms with E-state index in [4.69, 9.17) is 4.74 Å². The van der Waals surface area contributed by atoms with Gasteiger partial charge in [-0.25, -0.2) is 4.39 Å². The molecule has 0 aromatic heterocycles. The molecule has 1 aromatic carbocycles. The van der Waals surface area contributed by atoms with Crippen LogP contribution in [0.2, 0.25) is 0 Å². The third kappa shape index (κ3) is 3.42. The lowest BCUT2D eigenvalue weighted by atomic mass is 9.89. The topological polar surface area (TPSA) is 21.3 Å². The minimum absolute atomic E-state index is 0.211. The zero-order chi connectivity index (χ0) is 12.3. The van der Waals surface area contributed by atoms with Crippen LogP contribution in [0.25, 0.3) is 0 Å². The maximum Gasteiger partial charge on any atom is 0.136 e. The molecule has 94 valence electrons. The number of rotatable bonds is 5. The van der Waals surface area contributed by atoms with Crippen molar-refractivity contribution in [1.82, 2.24) is 5.32 Å². The van der Waals surface area contributed by atoms with E-state index in [2.05, 4.69) is 28.2 Å². The summed E-state index contributed by atoms with van der Waals surface area (Å²) in [4.78, 5) is 0. The Labute approximate surface area is 110 Å². The van der Waals surface area contributed by atoms with Crippen molar-refractivity contribution in [1.29, 1.82) is 0 Å². The van der Waals surface area contributed by atoms with Crippen molar-refractivity contribution in [2.24, 2.45) is 0 Å². The lowest BCUT2D eigenvalue weighted by Gasteiger charge is -2.36. The molecule has 0 aliphatic heterocycles. The molecule has 1 N–H and O–H groups in total. The second-order valence-corrected chi connectivity index (χ2v) is 5.29. The van der Waals surface area contributed by atoms with Crippen LogP contribution in [-0.4, -0.2) is 18.7 Å². The average molecular weight is 302 g/mol. The van der Waals surface area contributed by atoms with Crippen molar-refractivity contribution < 1.29 is 9.13 Å². The summed E-state index contributed by atoms with van der Waals surface area (Å²) in [5.41, 5.74) is 0. The molecule has 0 atom stereocenters. The van der Waals surface area contributed by atoms with Gasteiger partial charge < -0.3 is 10.1 Å². The number of hydrogen-bond donors (Lipinski definition) is 1. The van der Waals surface area contributed by atoms with Crippen LogP contribution in [0.4, 0.5) is 4.39 Å². The number of halogens is 2. The van der Waals surface area contributed by atoms with Crippen LogP contribution < -0.4 is 10.1 Å². The minimum atomic E-state index is -0.261. The van der Waals surface area contributed by atoms with E-state index in [1.807, 2.05) is 0 Å². The molecule has 0 heterocycles. The molecule has 2 rings (SSSR count). The highest BCUT2D eigenvalue weighted by molar-refractivity contribution is 9.10. The van der Waals surface area contributed by atoms with Crippen LogP contribution in [0.5, 0.6) is 5.75 Å². The van der Waals surface area contributed by atoms with Crippen LogP contribution in [0.1, 0.15) is 26.2 Å². The Kier molecular flexibility index (Phi) is 4.40. The molecule has 1 aliphatic carbocycles. The molecule has 0 spiro atoms. The predicted molar refractivity (Wildman–Crippen MR) is 69.8 cm³/mol. The van der Waals surface area contributed by atoms with Crippen molar-refractivity contribution in [2.75, 3.05) is 6.54 Å². The van der Waals surface area contributed by atoms with Gasteiger partial charge in [0.05, 0.1) is 4.47 Å². The average Bonchev–Trinajstić information content (AvgIpc) is 2.26.